The maximum Gasteiger partial charge on any atom is 0.321 e. The predicted molar refractivity (Wildman–Crippen MR) is 113 cm³/mol. The molecule has 1 unspecified atom stereocenters. The van der Waals surface area contributed by atoms with Gasteiger partial charge in [0.25, 0.3) is 0 Å². The van der Waals surface area contributed by atoms with Crippen LogP contribution in [0.1, 0.15) is 63.9 Å². The lowest BCUT2D eigenvalue weighted by molar-refractivity contribution is -0.139. The highest BCUT2D eigenvalue weighted by Gasteiger charge is 2.18. The van der Waals surface area contributed by atoms with E-state index in [0.29, 0.717) is 6.42 Å². The summed E-state index contributed by atoms with van der Waals surface area (Å²) in [6, 6.07) is 7.47. The van der Waals surface area contributed by atoms with Gasteiger partial charge in [0.05, 0.1) is 0 Å². The van der Waals surface area contributed by atoms with Crippen LogP contribution in [0.15, 0.2) is 42.6 Å². The van der Waals surface area contributed by atoms with Gasteiger partial charge in [-0.1, -0.05) is 56.5 Å². The summed E-state index contributed by atoms with van der Waals surface area (Å²) in [5, 5.41) is 13.8. The van der Waals surface area contributed by atoms with Gasteiger partial charge in [0.1, 0.15) is 6.04 Å². The van der Waals surface area contributed by atoms with Crippen LogP contribution < -0.4 is 5.32 Å². The number of nitrogens with one attached hydrogen (secondary N) is 2. The Morgan fingerprint density at radius 3 is 2.59 bits per heavy atom. The number of aromatic nitrogens is 1. The van der Waals surface area contributed by atoms with Crippen LogP contribution in [0.4, 0.5) is 0 Å². The van der Waals surface area contributed by atoms with E-state index in [-0.39, 0.29) is 0 Å². The third-order valence-electron chi connectivity index (χ3n) is 4.98. The van der Waals surface area contributed by atoms with Crippen LogP contribution >= 0.6 is 0 Å². The van der Waals surface area contributed by atoms with Gasteiger partial charge < -0.3 is 15.4 Å². The number of hydrogen-bond donors (Lipinski definition) is 3. The van der Waals surface area contributed by atoms with E-state index in [1.54, 1.807) is 0 Å². The Kier molecular flexibility index (Phi) is 9.70. The van der Waals surface area contributed by atoms with Gasteiger partial charge in [0.2, 0.25) is 0 Å². The van der Waals surface area contributed by atoms with Crippen LogP contribution in [0.2, 0.25) is 0 Å². The normalized spacial score (nSPS) is 12.8. The smallest absolute Gasteiger partial charge is 0.321 e. The molecule has 4 nitrogen and oxygen atoms in total. The van der Waals surface area contributed by atoms with Crippen LogP contribution in [0.3, 0.4) is 0 Å². The van der Waals surface area contributed by atoms with Crippen molar-refractivity contribution in [2.24, 2.45) is 0 Å². The molecule has 0 radical (unpaired) electrons. The first-order chi connectivity index (χ1) is 13.2. The number of allylic oxidation sites excluding steroid dienone is 2. The maximum absolute atomic E-state index is 11.6. The second-order valence-electron chi connectivity index (χ2n) is 7.23. The SMILES string of the molecule is CCCCCC/C=C\CCCCNC(Cc1c[nH]c2ccccc12)C(=O)O. The fourth-order valence-corrected chi connectivity index (χ4v) is 3.36. The highest BCUT2D eigenvalue weighted by Crippen LogP contribution is 2.19. The first-order valence-electron chi connectivity index (χ1n) is 10.4. The molecule has 1 aromatic heterocycles. The number of benzene rings is 1. The number of carbonyl (C=O) groups is 1. The molecule has 1 atom stereocenters. The summed E-state index contributed by atoms with van der Waals surface area (Å²) in [5.41, 5.74) is 2.11. The molecular formula is C23H34N2O2. The molecule has 2 rings (SSSR count). The first-order valence-corrected chi connectivity index (χ1v) is 10.4. The Hall–Kier alpha value is -2.07. The summed E-state index contributed by atoms with van der Waals surface area (Å²) >= 11 is 0. The summed E-state index contributed by atoms with van der Waals surface area (Å²) in [6.07, 6.45) is 16.6. The largest absolute Gasteiger partial charge is 0.480 e. The van der Waals surface area contributed by atoms with E-state index in [1.807, 2.05) is 30.5 Å². The first kappa shape index (κ1) is 21.2. The number of carboxylic acid groups (broad SMARTS) is 1. The van der Waals surface area contributed by atoms with Crippen LogP contribution in [-0.2, 0) is 11.2 Å². The van der Waals surface area contributed by atoms with E-state index < -0.39 is 12.0 Å². The molecule has 0 saturated heterocycles. The Labute approximate surface area is 163 Å². The molecule has 2 aromatic rings. The molecule has 3 N–H and O–H groups in total. The zero-order valence-corrected chi connectivity index (χ0v) is 16.5. The lowest BCUT2D eigenvalue weighted by Gasteiger charge is -2.14. The molecule has 148 valence electrons. The van der Waals surface area contributed by atoms with E-state index in [4.69, 9.17) is 0 Å². The number of H-pyrrole nitrogens is 1. The van der Waals surface area contributed by atoms with Crippen LogP contribution in [0.25, 0.3) is 10.9 Å². The molecule has 0 aliphatic carbocycles. The summed E-state index contributed by atoms with van der Waals surface area (Å²) in [7, 11) is 0. The molecule has 0 aliphatic heterocycles. The lowest BCUT2D eigenvalue weighted by atomic mass is 10.0. The average Bonchev–Trinajstić information content (AvgIpc) is 3.08. The fraction of sp³-hybridized carbons (Fsp3) is 0.522. The van der Waals surface area contributed by atoms with E-state index >= 15 is 0 Å². The molecule has 0 amide bonds. The number of aliphatic carboxylic acids is 1. The predicted octanol–water partition coefficient (Wildman–Crippen LogP) is 5.45. The molecule has 0 spiro atoms. The number of unbranched alkanes of at least 4 members (excludes halogenated alkanes) is 6. The van der Waals surface area contributed by atoms with Gasteiger partial charge in [-0.25, -0.2) is 0 Å². The van der Waals surface area contributed by atoms with Crippen molar-refractivity contribution in [2.45, 2.75) is 70.8 Å². The fourth-order valence-electron chi connectivity index (χ4n) is 3.36. The Bertz CT molecular complexity index is 705. The minimum absolute atomic E-state index is 0.497. The number of para-hydroxylation sites is 1. The van der Waals surface area contributed by atoms with E-state index in [9.17, 15) is 9.90 Å². The van der Waals surface area contributed by atoms with Gasteiger partial charge in [-0.15, -0.1) is 0 Å². The quantitative estimate of drug-likeness (QED) is 0.306. The van der Waals surface area contributed by atoms with Gasteiger partial charge in [0.15, 0.2) is 0 Å². The Morgan fingerprint density at radius 2 is 1.85 bits per heavy atom. The zero-order valence-electron chi connectivity index (χ0n) is 16.5. The van der Waals surface area contributed by atoms with Crippen molar-refractivity contribution < 1.29 is 9.90 Å². The summed E-state index contributed by atoms with van der Waals surface area (Å²) in [5.74, 6) is -0.785. The Morgan fingerprint density at radius 1 is 1.11 bits per heavy atom. The molecule has 0 aliphatic rings. The van der Waals surface area contributed by atoms with Crippen molar-refractivity contribution in [2.75, 3.05) is 6.54 Å². The topological polar surface area (TPSA) is 65.1 Å². The molecule has 0 fully saturated rings. The maximum atomic E-state index is 11.6. The van der Waals surface area contributed by atoms with Crippen LogP contribution in [0, 0.1) is 0 Å². The highest BCUT2D eigenvalue weighted by molar-refractivity contribution is 5.84. The highest BCUT2D eigenvalue weighted by atomic mass is 16.4. The summed E-state index contributed by atoms with van der Waals surface area (Å²) in [6.45, 7) is 2.98. The van der Waals surface area contributed by atoms with Gasteiger partial charge in [0, 0.05) is 23.5 Å². The van der Waals surface area contributed by atoms with Crippen LogP contribution in [-0.4, -0.2) is 28.6 Å². The standard InChI is InChI=1S/C23H34N2O2/c1-2-3-4-5-6-7-8-9-10-13-16-24-22(23(26)27)17-19-18-25-21-15-12-11-14-20(19)21/h7-8,11-12,14-15,18,22,24-25H,2-6,9-10,13,16-17H2,1H3,(H,26,27)/b8-7-. The number of rotatable bonds is 14. The van der Waals surface area contributed by atoms with E-state index in [2.05, 4.69) is 29.4 Å². The molecule has 27 heavy (non-hydrogen) atoms. The van der Waals surface area contributed by atoms with Crippen molar-refractivity contribution in [1.29, 1.82) is 0 Å². The van der Waals surface area contributed by atoms with E-state index in [1.165, 1.54) is 32.1 Å². The third-order valence-corrected chi connectivity index (χ3v) is 4.98. The van der Waals surface area contributed by atoms with Gasteiger partial charge >= 0.3 is 5.97 Å². The van der Waals surface area contributed by atoms with Gasteiger partial charge in [-0.3, -0.25) is 4.79 Å². The summed E-state index contributed by atoms with van der Waals surface area (Å²) in [4.78, 5) is 14.8. The van der Waals surface area contributed by atoms with Crippen molar-refractivity contribution >= 4 is 16.9 Å². The molecular weight excluding hydrogens is 336 g/mol. The second-order valence-corrected chi connectivity index (χ2v) is 7.23. The average molecular weight is 371 g/mol. The minimum Gasteiger partial charge on any atom is -0.480 e. The Balaban J connectivity index is 1.65. The number of fused-ring (bicyclic) bond motifs is 1. The van der Waals surface area contributed by atoms with Crippen LogP contribution in [0.5, 0.6) is 0 Å². The molecule has 1 aromatic carbocycles. The lowest BCUT2D eigenvalue weighted by Crippen LogP contribution is -2.39. The minimum atomic E-state index is -0.785. The monoisotopic (exact) mass is 370 g/mol. The summed E-state index contributed by atoms with van der Waals surface area (Å²) < 4.78 is 0. The molecule has 0 saturated carbocycles. The van der Waals surface area contributed by atoms with Crippen molar-refractivity contribution in [3.8, 4) is 0 Å². The third kappa shape index (κ3) is 7.59. The van der Waals surface area contributed by atoms with E-state index in [0.717, 1.165) is 42.3 Å². The molecule has 1 heterocycles. The van der Waals surface area contributed by atoms with Crippen molar-refractivity contribution in [1.82, 2.24) is 10.3 Å². The van der Waals surface area contributed by atoms with Gasteiger partial charge in [-0.05, 0) is 50.3 Å². The van der Waals surface area contributed by atoms with Gasteiger partial charge in [-0.2, -0.15) is 0 Å². The number of hydrogen-bond acceptors (Lipinski definition) is 2. The molecule has 0 bridgehead atoms. The molecule has 4 heteroatoms. The zero-order chi connectivity index (χ0) is 19.3. The second kappa shape index (κ2) is 12.3. The van der Waals surface area contributed by atoms with Crippen molar-refractivity contribution in [3.63, 3.8) is 0 Å². The number of carboxylic acids is 1. The number of aromatic amines is 1. The van der Waals surface area contributed by atoms with Crippen molar-refractivity contribution in [3.05, 3.63) is 48.2 Å².